The number of sulfone groups is 1. The van der Waals surface area contributed by atoms with E-state index < -0.39 is 15.7 Å². The molecule has 3 aromatic rings. The van der Waals surface area contributed by atoms with E-state index in [1.54, 1.807) is 6.07 Å². The minimum atomic E-state index is -3.82. The number of pyridine rings is 1. The van der Waals surface area contributed by atoms with E-state index >= 15 is 0 Å². The smallest absolute Gasteiger partial charge is 0.208 e. The zero-order valence-electron chi connectivity index (χ0n) is 14.5. The van der Waals surface area contributed by atoms with Gasteiger partial charge in [0, 0.05) is 43.2 Å². The average molecular weight is 383 g/mol. The largest absolute Gasteiger partial charge is 0.368 e. The summed E-state index contributed by atoms with van der Waals surface area (Å²) in [5.74, 6) is 0.0947. The second-order valence-corrected chi connectivity index (χ2v) is 9.11. The Morgan fingerprint density at radius 1 is 1.07 bits per heavy atom. The molecule has 0 amide bonds. The fourth-order valence-electron chi connectivity index (χ4n) is 3.95. The number of fused-ring (bicyclic) bond motifs is 2. The topological polar surface area (TPSA) is 62.3 Å². The fraction of sp³-hybridized carbons (Fsp3) is 0.250. The Balaban J connectivity index is 1.56. The molecule has 0 saturated carbocycles. The Morgan fingerprint density at radius 3 is 2.63 bits per heavy atom. The van der Waals surface area contributed by atoms with E-state index in [0.717, 1.165) is 42.3 Å². The highest BCUT2D eigenvalue weighted by Crippen LogP contribution is 2.33. The van der Waals surface area contributed by atoms with E-state index in [0.29, 0.717) is 12.0 Å². The van der Waals surface area contributed by atoms with E-state index in [4.69, 9.17) is 0 Å². The summed E-state index contributed by atoms with van der Waals surface area (Å²) in [5, 5.41) is 4.20. The molecule has 5 rings (SSSR count). The highest BCUT2D eigenvalue weighted by atomic mass is 32.2. The number of nitrogens with one attached hydrogen (secondary N) is 1. The van der Waals surface area contributed by atoms with Crippen LogP contribution < -0.4 is 10.2 Å². The summed E-state index contributed by atoms with van der Waals surface area (Å²) in [7, 11) is -3.82. The van der Waals surface area contributed by atoms with Gasteiger partial charge in [0.05, 0.1) is 21.0 Å². The maximum Gasteiger partial charge on any atom is 0.208 e. The second kappa shape index (κ2) is 6.00. The number of anilines is 1. The van der Waals surface area contributed by atoms with E-state index in [1.807, 2.05) is 18.2 Å². The number of nitrogens with zero attached hydrogens (tertiary/aromatic N) is 2. The summed E-state index contributed by atoms with van der Waals surface area (Å²) in [6, 6.07) is 13.0. The molecule has 138 valence electrons. The van der Waals surface area contributed by atoms with Crippen molar-refractivity contribution < 1.29 is 12.8 Å². The van der Waals surface area contributed by atoms with Crippen LogP contribution in [0.4, 0.5) is 10.1 Å². The molecule has 1 N–H and O–H groups in total. The lowest BCUT2D eigenvalue weighted by molar-refractivity contribution is 0.297. The van der Waals surface area contributed by atoms with Gasteiger partial charge in [0.2, 0.25) is 9.84 Å². The quantitative estimate of drug-likeness (QED) is 0.753. The standard InChI is InChI=1S/C20H18FN3O2S/c21-15-4-2-5-16(8-15)27(25,26)17-7-13-3-1-6-19(20(13)23-10-17)24-11-14-9-22-18(14)12-24/h1-8,10,14,18,22H,9,11-12H2/t14-,18+/m0/s1. The molecule has 2 atom stereocenters. The molecular formula is C20H18FN3O2S. The van der Waals surface area contributed by atoms with Gasteiger partial charge in [-0.3, -0.25) is 4.98 Å². The van der Waals surface area contributed by atoms with Crippen molar-refractivity contribution in [1.82, 2.24) is 10.3 Å². The summed E-state index contributed by atoms with van der Waals surface area (Å²) in [4.78, 5) is 6.79. The molecule has 2 saturated heterocycles. The van der Waals surface area contributed by atoms with Crippen molar-refractivity contribution in [1.29, 1.82) is 0 Å². The minimum absolute atomic E-state index is 0.0676. The number of rotatable bonds is 3. The summed E-state index contributed by atoms with van der Waals surface area (Å²) >= 11 is 0. The molecule has 0 radical (unpaired) electrons. The number of hydrogen-bond donors (Lipinski definition) is 1. The SMILES string of the molecule is O=S(=O)(c1cccc(F)c1)c1cnc2c(N3C[C@@H]4CN[C@@H]4C3)cccc2c1. The zero-order valence-corrected chi connectivity index (χ0v) is 15.3. The molecule has 0 aliphatic carbocycles. The number of hydrogen-bond acceptors (Lipinski definition) is 5. The molecule has 1 aromatic heterocycles. The van der Waals surface area contributed by atoms with E-state index in [1.165, 1.54) is 24.4 Å². The highest BCUT2D eigenvalue weighted by molar-refractivity contribution is 7.91. The van der Waals surface area contributed by atoms with Gasteiger partial charge in [-0.1, -0.05) is 18.2 Å². The minimum Gasteiger partial charge on any atom is -0.368 e. The van der Waals surface area contributed by atoms with Crippen LogP contribution in [0.25, 0.3) is 10.9 Å². The molecule has 5 nitrogen and oxygen atoms in total. The Bertz CT molecular complexity index is 1140. The van der Waals surface area contributed by atoms with Crippen LogP contribution in [0.5, 0.6) is 0 Å². The Morgan fingerprint density at radius 2 is 1.93 bits per heavy atom. The van der Waals surface area contributed by atoms with Crippen molar-refractivity contribution in [2.75, 3.05) is 24.5 Å². The Kier molecular flexibility index (Phi) is 3.70. The molecule has 0 bridgehead atoms. The number of para-hydroxylation sites is 1. The lowest BCUT2D eigenvalue weighted by atomic mass is 9.96. The van der Waals surface area contributed by atoms with Crippen molar-refractivity contribution in [3.05, 3.63) is 60.5 Å². The normalized spacial score (nSPS) is 21.9. The summed E-state index contributed by atoms with van der Waals surface area (Å²) in [6.07, 6.45) is 1.37. The van der Waals surface area contributed by atoms with Crippen LogP contribution in [0.2, 0.25) is 0 Å². The molecule has 2 aliphatic rings. The van der Waals surface area contributed by atoms with Crippen molar-refractivity contribution >= 4 is 26.4 Å². The summed E-state index contributed by atoms with van der Waals surface area (Å²) in [6.45, 7) is 2.98. The summed E-state index contributed by atoms with van der Waals surface area (Å²) in [5.41, 5.74) is 1.82. The first kappa shape index (κ1) is 16.6. The van der Waals surface area contributed by atoms with Gasteiger partial charge in [0.25, 0.3) is 0 Å². The molecule has 0 spiro atoms. The van der Waals surface area contributed by atoms with Crippen LogP contribution in [-0.2, 0) is 9.84 Å². The molecule has 2 aromatic carbocycles. The van der Waals surface area contributed by atoms with Gasteiger partial charge in [-0.2, -0.15) is 0 Å². The lowest BCUT2D eigenvalue weighted by Gasteiger charge is -2.29. The third-order valence-corrected chi connectivity index (χ3v) is 7.22. The second-order valence-electron chi connectivity index (χ2n) is 7.16. The van der Waals surface area contributed by atoms with Gasteiger partial charge in [-0.25, -0.2) is 12.8 Å². The highest BCUT2D eigenvalue weighted by Gasteiger charge is 2.39. The van der Waals surface area contributed by atoms with Crippen molar-refractivity contribution in [3.8, 4) is 0 Å². The van der Waals surface area contributed by atoms with Gasteiger partial charge >= 0.3 is 0 Å². The van der Waals surface area contributed by atoms with E-state index in [-0.39, 0.29) is 9.79 Å². The van der Waals surface area contributed by atoms with Crippen LogP contribution in [-0.4, -0.2) is 39.1 Å². The van der Waals surface area contributed by atoms with Crippen LogP contribution >= 0.6 is 0 Å². The average Bonchev–Trinajstić information content (AvgIpc) is 2.95. The van der Waals surface area contributed by atoms with Crippen LogP contribution in [0.3, 0.4) is 0 Å². The molecule has 0 unspecified atom stereocenters. The summed E-state index contributed by atoms with van der Waals surface area (Å²) < 4.78 is 39.1. The first-order valence-corrected chi connectivity index (χ1v) is 10.4. The van der Waals surface area contributed by atoms with Gasteiger partial charge in [0.1, 0.15) is 5.82 Å². The van der Waals surface area contributed by atoms with Crippen LogP contribution in [0.1, 0.15) is 0 Å². The third kappa shape index (κ3) is 2.69. The van der Waals surface area contributed by atoms with Gasteiger partial charge in [-0.05, 0) is 30.3 Å². The molecular weight excluding hydrogens is 365 g/mol. The maximum atomic E-state index is 13.5. The fourth-order valence-corrected chi connectivity index (χ4v) is 5.22. The predicted octanol–water partition coefficient (Wildman–Crippen LogP) is 2.61. The van der Waals surface area contributed by atoms with Crippen molar-refractivity contribution in [3.63, 3.8) is 0 Å². The Labute approximate surface area is 156 Å². The first-order chi connectivity index (χ1) is 13.0. The predicted molar refractivity (Wildman–Crippen MR) is 101 cm³/mol. The monoisotopic (exact) mass is 383 g/mol. The van der Waals surface area contributed by atoms with Crippen molar-refractivity contribution in [2.45, 2.75) is 15.8 Å². The molecule has 2 fully saturated rings. The van der Waals surface area contributed by atoms with Crippen LogP contribution in [0, 0.1) is 11.7 Å². The zero-order chi connectivity index (χ0) is 18.6. The van der Waals surface area contributed by atoms with E-state index in [2.05, 4.69) is 15.2 Å². The molecule has 2 aliphatic heterocycles. The van der Waals surface area contributed by atoms with Gasteiger partial charge in [-0.15, -0.1) is 0 Å². The number of aromatic nitrogens is 1. The first-order valence-electron chi connectivity index (χ1n) is 8.90. The number of halogens is 1. The molecule has 7 heteroatoms. The lowest BCUT2D eigenvalue weighted by Crippen LogP contribution is -2.51. The van der Waals surface area contributed by atoms with Gasteiger partial charge in [0.15, 0.2) is 0 Å². The molecule has 3 heterocycles. The third-order valence-electron chi connectivity index (χ3n) is 5.51. The van der Waals surface area contributed by atoms with Crippen molar-refractivity contribution in [2.24, 2.45) is 5.92 Å². The molecule has 27 heavy (non-hydrogen) atoms. The maximum absolute atomic E-state index is 13.5. The number of benzene rings is 2. The Hall–Kier alpha value is -2.51. The van der Waals surface area contributed by atoms with Gasteiger partial charge < -0.3 is 10.2 Å². The van der Waals surface area contributed by atoms with E-state index in [9.17, 15) is 12.8 Å². The van der Waals surface area contributed by atoms with Crippen LogP contribution in [0.15, 0.2) is 64.5 Å².